The molecule has 0 amide bonds. The Balaban J connectivity index is 2.56. The van der Waals surface area contributed by atoms with Crippen molar-refractivity contribution in [3.63, 3.8) is 0 Å². The van der Waals surface area contributed by atoms with Crippen molar-refractivity contribution < 1.29 is 9.53 Å². The van der Waals surface area contributed by atoms with Crippen LogP contribution in [0.3, 0.4) is 0 Å². The van der Waals surface area contributed by atoms with E-state index in [4.69, 9.17) is 17.0 Å². The number of esters is 1. The monoisotopic (exact) mass is 334 g/mol. The molecule has 3 heterocycles. The molecule has 0 N–H and O–H groups in total. The Labute approximate surface area is 135 Å². The lowest BCUT2D eigenvalue weighted by Gasteiger charge is -2.02. The first kappa shape index (κ1) is 14.9. The normalized spacial score (nSPS) is 11.2. The molecule has 0 atom stereocenters. The first-order valence-corrected chi connectivity index (χ1v) is 8.16. The third-order valence-corrected chi connectivity index (χ3v) is 4.92. The molecule has 0 saturated heterocycles. The van der Waals surface area contributed by atoms with Gasteiger partial charge in [0.15, 0.2) is 3.95 Å². The largest absolute Gasteiger partial charge is 0.462 e. The van der Waals surface area contributed by atoms with Crippen LogP contribution in [-0.2, 0) is 11.3 Å². The number of nitrogens with zero attached hydrogens (tertiary/aromatic N) is 2. The van der Waals surface area contributed by atoms with Gasteiger partial charge in [-0.25, -0.2) is 4.79 Å². The van der Waals surface area contributed by atoms with E-state index in [1.165, 1.54) is 15.9 Å². The van der Waals surface area contributed by atoms with Gasteiger partial charge in [0.1, 0.15) is 11.1 Å². The van der Waals surface area contributed by atoms with E-state index in [0.29, 0.717) is 31.8 Å². The maximum atomic E-state index is 12.7. The van der Waals surface area contributed by atoms with Crippen LogP contribution in [0.25, 0.3) is 15.7 Å². The zero-order chi connectivity index (χ0) is 15.9. The molecule has 3 rings (SSSR count). The molecule has 0 aromatic carbocycles. The van der Waals surface area contributed by atoms with E-state index < -0.39 is 5.97 Å². The third-order valence-electron chi connectivity index (χ3n) is 3.45. The molecule has 5 nitrogen and oxygen atoms in total. The fraction of sp³-hybridized carbons (Fsp3) is 0.267. The quantitative estimate of drug-likeness (QED) is 0.545. The highest BCUT2D eigenvalue weighted by Crippen LogP contribution is 2.29. The van der Waals surface area contributed by atoms with E-state index in [0.717, 1.165) is 0 Å². The Bertz CT molecular complexity index is 998. The number of carbonyl (C=O) groups is 1. The highest BCUT2D eigenvalue weighted by molar-refractivity contribution is 7.73. The van der Waals surface area contributed by atoms with Crippen molar-refractivity contribution in [1.82, 2.24) is 8.97 Å². The Kier molecular flexibility index (Phi) is 3.84. The number of fused-ring (bicyclic) bond motifs is 3. The summed E-state index contributed by atoms with van der Waals surface area (Å²) in [5.41, 5.74) is 1.36. The zero-order valence-corrected chi connectivity index (χ0v) is 13.8. The Morgan fingerprint density at radius 3 is 2.82 bits per heavy atom. The van der Waals surface area contributed by atoms with Gasteiger partial charge in [0, 0.05) is 12.7 Å². The average molecular weight is 334 g/mol. The number of ether oxygens (including phenoxy) is 1. The Morgan fingerprint density at radius 1 is 1.36 bits per heavy atom. The van der Waals surface area contributed by atoms with Gasteiger partial charge in [-0.15, -0.1) is 11.3 Å². The van der Waals surface area contributed by atoms with Crippen LogP contribution in [-0.4, -0.2) is 21.5 Å². The molecule has 114 valence electrons. The van der Waals surface area contributed by atoms with Crippen LogP contribution in [0, 0.1) is 3.95 Å². The van der Waals surface area contributed by atoms with Crippen LogP contribution in [0.5, 0.6) is 0 Å². The summed E-state index contributed by atoms with van der Waals surface area (Å²) in [7, 11) is 0. The number of hydrogen-bond donors (Lipinski definition) is 0. The van der Waals surface area contributed by atoms with E-state index in [9.17, 15) is 9.59 Å². The van der Waals surface area contributed by atoms with E-state index >= 15 is 0 Å². The molecule has 0 unspecified atom stereocenters. The number of carbonyl (C=O) groups excluding carboxylic acids is 1. The lowest BCUT2D eigenvalue weighted by molar-refractivity contribution is 0.0531. The van der Waals surface area contributed by atoms with E-state index in [1.807, 2.05) is 19.1 Å². The molecule has 0 fully saturated rings. The number of pyridine rings is 1. The van der Waals surface area contributed by atoms with Crippen LogP contribution in [0.15, 0.2) is 29.2 Å². The molecule has 0 bridgehead atoms. The van der Waals surface area contributed by atoms with Gasteiger partial charge >= 0.3 is 5.97 Å². The molecule has 0 spiro atoms. The first-order chi connectivity index (χ1) is 10.6. The number of aromatic nitrogens is 2. The summed E-state index contributed by atoms with van der Waals surface area (Å²) in [6.45, 7) is 4.41. The van der Waals surface area contributed by atoms with Gasteiger partial charge in [-0.1, -0.05) is 6.07 Å². The van der Waals surface area contributed by atoms with Crippen molar-refractivity contribution in [1.29, 1.82) is 0 Å². The first-order valence-electron chi connectivity index (χ1n) is 6.94. The van der Waals surface area contributed by atoms with Crippen LogP contribution < -0.4 is 5.56 Å². The topological polar surface area (TPSA) is 52.7 Å². The predicted molar refractivity (Wildman–Crippen MR) is 89.5 cm³/mol. The Morgan fingerprint density at radius 2 is 2.14 bits per heavy atom. The molecule has 0 aliphatic rings. The molecule has 0 radical (unpaired) electrons. The van der Waals surface area contributed by atoms with Crippen LogP contribution in [0.1, 0.15) is 24.2 Å². The second-order valence-electron chi connectivity index (χ2n) is 4.65. The molecule has 7 heteroatoms. The van der Waals surface area contributed by atoms with Crippen LogP contribution in [0.4, 0.5) is 0 Å². The second kappa shape index (κ2) is 5.66. The molecule has 0 aliphatic carbocycles. The minimum atomic E-state index is -0.430. The molecule has 3 aromatic rings. The molecule has 22 heavy (non-hydrogen) atoms. The van der Waals surface area contributed by atoms with E-state index in [1.54, 1.807) is 23.6 Å². The summed E-state index contributed by atoms with van der Waals surface area (Å²) in [6, 6.07) is 5.45. The maximum Gasteiger partial charge on any atom is 0.341 e. The van der Waals surface area contributed by atoms with Gasteiger partial charge < -0.3 is 9.14 Å². The van der Waals surface area contributed by atoms with Gasteiger partial charge in [-0.05, 0) is 38.2 Å². The highest BCUT2D eigenvalue weighted by atomic mass is 32.1. The fourth-order valence-electron chi connectivity index (χ4n) is 2.51. The fourth-order valence-corrected chi connectivity index (χ4v) is 4.04. The average Bonchev–Trinajstić information content (AvgIpc) is 2.81. The van der Waals surface area contributed by atoms with Crippen molar-refractivity contribution in [3.05, 3.63) is 44.3 Å². The molecule has 0 saturated carbocycles. The number of hydrogen-bond acceptors (Lipinski definition) is 5. The van der Waals surface area contributed by atoms with E-state index in [-0.39, 0.29) is 12.2 Å². The lowest BCUT2D eigenvalue weighted by atomic mass is 10.2. The van der Waals surface area contributed by atoms with Gasteiger partial charge in [0.05, 0.1) is 16.8 Å². The van der Waals surface area contributed by atoms with Crippen molar-refractivity contribution in [3.8, 4) is 0 Å². The number of rotatable bonds is 3. The summed E-state index contributed by atoms with van der Waals surface area (Å²) < 4.78 is 9.47. The third kappa shape index (κ3) is 2.08. The summed E-state index contributed by atoms with van der Waals surface area (Å²) in [5.74, 6) is -0.430. The van der Waals surface area contributed by atoms with Gasteiger partial charge in [0.25, 0.3) is 5.56 Å². The highest BCUT2D eigenvalue weighted by Gasteiger charge is 2.22. The molecule has 3 aromatic heterocycles. The summed E-state index contributed by atoms with van der Waals surface area (Å²) in [6.07, 6.45) is 1.78. The molecule has 0 aliphatic heterocycles. The Hall–Kier alpha value is -1.99. The summed E-state index contributed by atoms with van der Waals surface area (Å²) in [5, 5.41) is 0. The van der Waals surface area contributed by atoms with Crippen molar-refractivity contribution in [2.45, 2.75) is 20.4 Å². The SMILES string of the molecule is CCOC(=O)c1c2sc(=S)n(CC)c(=O)c2n2ccccc12. The zero-order valence-electron chi connectivity index (χ0n) is 12.2. The second-order valence-corrected chi connectivity index (χ2v) is 6.29. The predicted octanol–water partition coefficient (Wildman–Crippen LogP) is 3.24. The van der Waals surface area contributed by atoms with Crippen molar-refractivity contribution in [2.24, 2.45) is 0 Å². The summed E-state index contributed by atoms with van der Waals surface area (Å²) >= 11 is 6.57. The minimum absolute atomic E-state index is 0.182. The minimum Gasteiger partial charge on any atom is -0.462 e. The van der Waals surface area contributed by atoms with Crippen molar-refractivity contribution in [2.75, 3.05) is 6.61 Å². The molecular formula is C15H14N2O3S2. The smallest absolute Gasteiger partial charge is 0.341 e. The van der Waals surface area contributed by atoms with Gasteiger partial charge in [0.2, 0.25) is 0 Å². The maximum absolute atomic E-state index is 12.7. The van der Waals surface area contributed by atoms with E-state index in [2.05, 4.69) is 0 Å². The van der Waals surface area contributed by atoms with Crippen LogP contribution >= 0.6 is 23.6 Å². The standard InChI is InChI=1S/C15H14N2O3S2/c1-3-16-13(18)11-12(22-15(16)21)10(14(19)20-4-2)9-7-5-6-8-17(9)11/h5-8H,3-4H2,1-2H3. The van der Waals surface area contributed by atoms with Gasteiger partial charge in [-0.3, -0.25) is 9.36 Å². The van der Waals surface area contributed by atoms with Gasteiger partial charge in [-0.2, -0.15) is 0 Å². The lowest BCUT2D eigenvalue weighted by Crippen LogP contribution is -2.20. The molecular weight excluding hydrogens is 320 g/mol. The van der Waals surface area contributed by atoms with Crippen LogP contribution in [0.2, 0.25) is 0 Å². The summed E-state index contributed by atoms with van der Waals surface area (Å²) in [4.78, 5) is 25.1. The van der Waals surface area contributed by atoms with Crippen molar-refractivity contribution >= 4 is 45.3 Å².